The highest BCUT2D eigenvalue weighted by Crippen LogP contribution is 2.25. The van der Waals surface area contributed by atoms with Crippen LogP contribution in [0.25, 0.3) is 0 Å². The monoisotopic (exact) mass is 207 g/mol. The van der Waals surface area contributed by atoms with E-state index in [1.807, 2.05) is 0 Å². The van der Waals surface area contributed by atoms with Gasteiger partial charge in [0, 0.05) is 38.1 Å². The van der Waals surface area contributed by atoms with Gasteiger partial charge in [0.05, 0.1) is 11.7 Å². The highest BCUT2D eigenvalue weighted by atomic mass is 16.5. The zero-order valence-electron chi connectivity index (χ0n) is 9.15. The Labute approximate surface area is 89.8 Å². The third-order valence-corrected chi connectivity index (χ3v) is 3.32. The van der Waals surface area contributed by atoms with Gasteiger partial charge in [-0.1, -0.05) is 0 Å². The molecular weight excluding hydrogens is 190 g/mol. The van der Waals surface area contributed by atoms with Crippen LogP contribution in [0.15, 0.2) is 6.20 Å². The summed E-state index contributed by atoms with van der Waals surface area (Å²) in [6, 6.07) is 0.564. The number of aromatic nitrogens is 2. The second-order valence-corrected chi connectivity index (χ2v) is 4.60. The Bertz CT molecular complexity index is 331. The molecule has 1 aromatic rings. The first kappa shape index (κ1) is 9.36. The molecule has 3 rings (SSSR count). The van der Waals surface area contributed by atoms with E-state index in [1.54, 1.807) is 0 Å². The SMILES string of the molecule is CN1Cc2cn(C3CCOCC3)nc2C1. The maximum Gasteiger partial charge on any atom is 0.0809 e. The minimum Gasteiger partial charge on any atom is -0.381 e. The first-order valence-electron chi connectivity index (χ1n) is 5.66. The Hall–Kier alpha value is -0.870. The van der Waals surface area contributed by atoms with Crippen molar-refractivity contribution in [2.45, 2.75) is 32.0 Å². The van der Waals surface area contributed by atoms with Crippen LogP contribution in [0.5, 0.6) is 0 Å². The summed E-state index contributed by atoms with van der Waals surface area (Å²) in [5.41, 5.74) is 2.67. The van der Waals surface area contributed by atoms with Crippen molar-refractivity contribution >= 4 is 0 Å². The van der Waals surface area contributed by atoms with E-state index in [-0.39, 0.29) is 0 Å². The Kier molecular flexibility index (Phi) is 2.25. The number of rotatable bonds is 1. The number of nitrogens with zero attached hydrogens (tertiary/aromatic N) is 3. The lowest BCUT2D eigenvalue weighted by atomic mass is 10.1. The van der Waals surface area contributed by atoms with Crippen molar-refractivity contribution < 1.29 is 4.74 Å². The average Bonchev–Trinajstić information content (AvgIpc) is 2.76. The number of hydrogen-bond donors (Lipinski definition) is 0. The fraction of sp³-hybridized carbons (Fsp3) is 0.727. The second kappa shape index (κ2) is 3.61. The number of ether oxygens (including phenoxy) is 1. The Morgan fingerprint density at radius 1 is 1.33 bits per heavy atom. The van der Waals surface area contributed by atoms with Gasteiger partial charge in [-0.3, -0.25) is 9.58 Å². The van der Waals surface area contributed by atoms with Gasteiger partial charge in [-0.15, -0.1) is 0 Å². The summed E-state index contributed by atoms with van der Waals surface area (Å²) in [6.45, 7) is 3.83. The lowest BCUT2D eigenvalue weighted by Crippen LogP contribution is -2.20. The van der Waals surface area contributed by atoms with E-state index >= 15 is 0 Å². The quantitative estimate of drug-likeness (QED) is 0.692. The molecule has 1 fully saturated rings. The predicted octanol–water partition coefficient (Wildman–Crippen LogP) is 1.18. The molecule has 0 aromatic carbocycles. The zero-order chi connectivity index (χ0) is 10.3. The third kappa shape index (κ3) is 1.68. The molecule has 0 saturated carbocycles. The topological polar surface area (TPSA) is 30.3 Å². The first-order chi connectivity index (χ1) is 7.33. The van der Waals surface area contributed by atoms with Gasteiger partial charge >= 0.3 is 0 Å². The second-order valence-electron chi connectivity index (χ2n) is 4.60. The van der Waals surface area contributed by atoms with Gasteiger partial charge < -0.3 is 4.74 Å². The van der Waals surface area contributed by atoms with Crippen LogP contribution in [-0.2, 0) is 17.8 Å². The van der Waals surface area contributed by atoms with Crippen LogP contribution in [0.4, 0.5) is 0 Å². The minimum atomic E-state index is 0.564. The van der Waals surface area contributed by atoms with Gasteiger partial charge in [-0.25, -0.2) is 0 Å². The summed E-state index contributed by atoms with van der Waals surface area (Å²) in [5.74, 6) is 0. The molecule has 0 amide bonds. The fourth-order valence-electron chi connectivity index (χ4n) is 2.47. The van der Waals surface area contributed by atoms with Crippen LogP contribution in [-0.4, -0.2) is 34.9 Å². The lowest BCUT2D eigenvalue weighted by molar-refractivity contribution is 0.0659. The standard InChI is InChI=1S/C11H17N3O/c1-13-6-9-7-14(12-11(9)8-13)10-2-4-15-5-3-10/h7,10H,2-6,8H2,1H3. The summed E-state index contributed by atoms with van der Waals surface area (Å²) in [7, 11) is 2.14. The summed E-state index contributed by atoms with van der Waals surface area (Å²) in [4.78, 5) is 2.30. The molecule has 0 radical (unpaired) electrons. The highest BCUT2D eigenvalue weighted by molar-refractivity contribution is 5.21. The third-order valence-electron chi connectivity index (χ3n) is 3.32. The fourth-order valence-corrected chi connectivity index (χ4v) is 2.47. The largest absolute Gasteiger partial charge is 0.381 e. The summed E-state index contributed by atoms with van der Waals surface area (Å²) in [5, 5.41) is 4.68. The molecule has 4 heteroatoms. The predicted molar refractivity (Wildman–Crippen MR) is 56.5 cm³/mol. The summed E-state index contributed by atoms with van der Waals surface area (Å²) >= 11 is 0. The van der Waals surface area contributed by atoms with Crippen molar-refractivity contribution in [3.63, 3.8) is 0 Å². The van der Waals surface area contributed by atoms with E-state index in [9.17, 15) is 0 Å². The van der Waals surface area contributed by atoms with Crippen molar-refractivity contribution in [2.75, 3.05) is 20.3 Å². The van der Waals surface area contributed by atoms with Crippen molar-refractivity contribution in [3.8, 4) is 0 Å². The molecule has 1 saturated heterocycles. The Morgan fingerprint density at radius 2 is 2.13 bits per heavy atom. The first-order valence-corrected chi connectivity index (χ1v) is 5.66. The molecule has 1 aromatic heterocycles. The zero-order valence-corrected chi connectivity index (χ0v) is 9.15. The molecule has 0 aliphatic carbocycles. The van der Waals surface area contributed by atoms with Gasteiger partial charge in [0.25, 0.3) is 0 Å². The van der Waals surface area contributed by atoms with Crippen LogP contribution >= 0.6 is 0 Å². The van der Waals surface area contributed by atoms with Crippen LogP contribution < -0.4 is 0 Å². The van der Waals surface area contributed by atoms with Crippen molar-refractivity contribution in [3.05, 3.63) is 17.5 Å². The van der Waals surface area contributed by atoms with E-state index in [1.165, 1.54) is 11.3 Å². The molecule has 2 aliphatic heterocycles. The van der Waals surface area contributed by atoms with Gasteiger partial charge in [-0.05, 0) is 19.9 Å². The van der Waals surface area contributed by atoms with Crippen molar-refractivity contribution in [1.82, 2.24) is 14.7 Å². The number of hydrogen-bond acceptors (Lipinski definition) is 3. The van der Waals surface area contributed by atoms with E-state index in [2.05, 4.69) is 27.9 Å². The van der Waals surface area contributed by atoms with Crippen LogP contribution in [0.2, 0.25) is 0 Å². The Morgan fingerprint density at radius 3 is 2.87 bits per heavy atom. The molecule has 0 unspecified atom stereocenters. The van der Waals surface area contributed by atoms with E-state index in [0.717, 1.165) is 39.1 Å². The average molecular weight is 207 g/mol. The van der Waals surface area contributed by atoms with E-state index in [0.29, 0.717) is 6.04 Å². The van der Waals surface area contributed by atoms with Gasteiger partial charge in [0.2, 0.25) is 0 Å². The van der Waals surface area contributed by atoms with Crippen LogP contribution in [0.3, 0.4) is 0 Å². The number of fused-ring (bicyclic) bond motifs is 1. The normalized spacial score (nSPS) is 23.3. The maximum absolute atomic E-state index is 5.37. The molecule has 0 spiro atoms. The molecule has 0 bridgehead atoms. The molecule has 0 N–H and O–H groups in total. The Balaban J connectivity index is 1.79. The van der Waals surface area contributed by atoms with Crippen LogP contribution in [0, 0.1) is 0 Å². The van der Waals surface area contributed by atoms with Gasteiger partial charge in [0.1, 0.15) is 0 Å². The lowest BCUT2D eigenvalue weighted by Gasteiger charge is -2.22. The molecule has 82 valence electrons. The molecule has 2 aliphatic rings. The van der Waals surface area contributed by atoms with Crippen molar-refractivity contribution in [1.29, 1.82) is 0 Å². The van der Waals surface area contributed by atoms with Crippen LogP contribution in [0.1, 0.15) is 30.1 Å². The van der Waals surface area contributed by atoms with E-state index < -0.39 is 0 Å². The molecule has 4 nitrogen and oxygen atoms in total. The minimum absolute atomic E-state index is 0.564. The van der Waals surface area contributed by atoms with Crippen molar-refractivity contribution in [2.24, 2.45) is 0 Å². The summed E-state index contributed by atoms with van der Waals surface area (Å²) in [6.07, 6.45) is 4.45. The smallest absolute Gasteiger partial charge is 0.0809 e. The highest BCUT2D eigenvalue weighted by Gasteiger charge is 2.23. The molecule has 0 atom stereocenters. The van der Waals surface area contributed by atoms with Gasteiger partial charge in [0.15, 0.2) is 0 Å². The maximum atomic E-state index is 5.37. The molecule has 15 heavy (non-hydrogen) atoms. The van der Waals surface area contributed by atoms with Gasteiger partial charge in [-0.2, -0.15) is 5.10 Å². The molecular formula is C11H17N3O. The summed E-state index contributed by atoms with van der Waals surface area (Å²) < 4.78 is 7.53. The van der Waals surface area contributed by atoms with E-state index in [4.69, 9.17) is 4.74 Å². The molecule has 3 heterocycles.